The van der Waals surface area contributed by atoms with Crippen molar-refractivity contribution in [1.29, 1.82) is 0 Å². The normalized spacial score (nSPS) is 23.2. The fraction of sp³-hybridized carbons (Fsp3) is 0.412. The molecular formula is C17H19FN4O2S. The summed E-state index contributed by atoms with van der Waals surface area (Å²) >= 11 is 1.37. The van der Waals surface area contributed by atoms with Crippen LogP contribution in [0.3, 0.4) is 0 Å². The number of fused-ring (bicyclic) bond motifs is 1. The number of ether oxygens (including phenoxy) is 1. The summed E-state index contributed by atoms with van der Waals surface area (Å²) in [5, 5.41) is 14.7. The van der Waals surface area contributed by atoms with Crippen molar-refractivity contribution in [2.24, 2.45) is 0 Å². The van der Waals surface area contributed by atoms with Crippen LogP contribution < -0.4 is 0 Å². The smallest absolute Gasteiger partial charge is 0.230 e. The average Bonchev–Trinajstić information content (AvgIpc) is 3.11. The second-order valence-electron chi connectivity index (χ2n) is 6.41. The van der Waals surface area contributed by atoms with Crippen LogP contribution in [-0.4, -0.2) is 49.9 Å². The van der Waals surface area contributed by atoms with Gasteiger partial charge in [-0.15, -0.1) is 0 Å². The van der Waals surface area contributed by atoms with Crippen molar-refractivity contribution >= 4 is 16.3 Å². The van der Waals surface area contributed by atoms with Crippen LogP contribution in [0.15, 0.2) is 30.6 Å². The molecule has 2 aromatic heterocycles. The monoisotopic (exact) mass is 362 g/mol. The zero-order chi connectivity index (χ0) is 17.6. The van der Waals surface area contributed by atoms with E-state index < -0.39 is 0 Å². The zero-order valence-electron chi connectivity index (χ0n) is 14.0. The highest BCUT2D eigenvalue weighted by atomic mass is 32.1. The van der Waals surface area contributed by atoms with Gasteiger partial charge in [0.1, 0.15) is 12.1 Å². The lowest BCUT2D eigenvalue weighted by molar-refractivity contribution is -0.0764. The molecular weight excluding hydrogens is 343 g/mol. The van der Waals surface area contributed by atoms with Gasteiger partial charge in [-0.05, 0) is 31.5 Å². The molecule has 4 rings (SSSR count). The number of hydrogen-bond donors (Lipinski definition) is 1. The molecule has 132 valence electrons. The number of aromatic nitrogens is 3. The lowest BCUT2D eigenvalue weighted by Gasteiger charge is -2.40. The van der Waals surface area contributed by atoms with Gasteiger partial charge in [-0.25, -0.2) is 9.37 Å². The maximum atomic E-state index is 13.9. The van der Waals surface area contributed by atoms with Gasteiger partial charge in [0.15, 0.2) is 0 Å². The summed E-state index contributed by atoms with van der Waals surface area (Å²) < 4.78 is 21.1. The second-order valence-corrected chi connectivity index (χ2v) is 7.42. The summed E-state index contributed by atoms with van der Waals surface area (Å²) in [7, 11) is 0. The molecule has 1 fully saturated rings. The van der Waals surface area contributed by atoms with Gasteiger partial charge >= 0.3 is 0 Å². The molecule has 8 heteroatoms. The van der Waals surface area contributed by atoms with Gasteiger partial charge in [-0.3, -0.25) is 4.90 Å². The highest BCUT2D eigenvalue weighted by Gasteiger charge is 2.34. The van der Waals surface area contributed by atoms with Gasteiger partial charge in [-0.1, -0.05) is 23.5 Å². The van der Waals surface area contributed by atoms with Crippen LogP contribution in [0, 0.1) is 5.82 Å². The Morgan fingerprint density at radius 2 is 2.08 bits per heavy atom. The molecule has 1 aliphatic rings. The van der Waals surface area contributed by atoms with E-state index in [0.29, 0.717) is 22.9 Å². The predicted molar refractivity (Wildman–Crippen MR) is 92.4 cm³/mol. The van der Waals surface area contributed by atoms with Crippen molar-refractivity contribution in [1.82, 2.24) is 19.5 Å². The number of rotatable bonds is 3. The molecule has 3 aromatic rings. The first-order valence-corrected chi connectivity index (χ1v) is 9.01. The Morgan fingerprint density at radius 3 is 2.76 bits per heavy atom. The first-order valence-electron chi connectivity index (χ1n) is 8.19. The Balaban J connectivity index is 1.83. The standard InChI is InChI=1S/C17H19FN4O2S/c1-10-7-21(8-11(2)24-10)14(12-4-3-5-13(18)6-12)15-16(23)22-17(25-15)19-9-20-22/h3-6,9-11,14,23H,7-8H2,1-2H3/t10-,11-,14-/m1/s1. The zero-order valence-corrected chi connectivity index (χ0v) is 14.8. The van der Waals surface area contributed by atoms with Crippen molar-refractivity contribution in [3.63, 3.8) is 0 Å². The van der Waals surface area contributed by atoms with E-state index in [0.717, 1.165) is 5.56 Å². The van der Waals surface area contributed by atoms with Crippen molar-refractivity contribution in [2.45, 2.75) is 32.1 Å². The van der Waals surface area contributed by atoms with Crippen molar-refractivity contribution < 1.29 is 14.2 Å². The molecule has 0 saturated carbocycles. The molecule has 3 atom stereocenters. The number of hydrogen-bond acceptors (Lipinski definition) is 6. The SMILES string of the molecule is C[C@@H]1CN([C@H](c2cccc(F)c2)c2sc3ncnn3c2O)C[C@@H](C)O1. The highest BCUT2D eigenvalue weighted by molar-refractivity contribution is 7.17. The van der Waals surface area contributed by atoms with Gasteiger partial charge in [0.05, 0.1) is 23.1 Å². The predicted octanol–water partition coefficient (Wildman–Crippen LogP) is 2.83. The number of morpholine rings is 1. The van der Waals surface area contributed by atoms with E-state index in [4.69, 9.17) is 4.74 Å². The van der Waals surface area contributed by atoms with E-state index >= 15 is 0 Å². The van der Waals surface area contributed by atoms with Crippen molar-refractivity contribution in [2.75, 3.05) is 13.1 Å². The molecule has 1 aliphatic heterocycles. The summed E-state index contributed by atoms with van der Waals surface area (Å²) in [5.74, 6) is -0.241. The van der Waals surface area contributed by atoms with E-state index in [2.05, 4.69) is 15.0 Å². The Hall–Kier alpha value is -2.03. The van der Waals surface area contributed by atoms with Gasteiger partial charge < -0.3 is 9.84 Å². The Kier molecular flexibility index (Phi) is 4.18. The number of nitrogens with zero attached hydrogens (tertiary/aromatic N) is 4. The van der Waals surface area contributed by atoms with Gasteiger partial charge in [0.2, 0.25) is 10.8 Å². The summed E-state index contributed by atoms with van der Waals surface area (Å²) in [6.07, 6.45) is 1.53. The largest absolute Gasteiger partial charge is 0.492 e. The van der Waals surface area contributed by atoms with Crippen LogP contribution in [0.4, 0.5) is 4.39 Å². The third-order valence-corrected chi connectivity index (χ3v) is 5.45. The average molecular weight is 362 g/mol. The van der Waals surface area contributed by atoms with Crippen LogP contribution in [-0.2, 0) is 4.74 Å². The summed E-state index contributed by atoms with van der Waals surface area (Å²) in [4.78, 5) is 7.71. The maximum Gasteiger partial charge on any atom is 0.230 e. The third kappa shape index (κ3) is 3.01. The summed E-state index contributed by atoms with van der Waals surface area (Å²) in [6, 6.07) is 6.24. The fourth-order valence-electron chi connectivity index (χ4n) is 3.51. The topological polar surface area (TPSA) is 62.9 Å². The van der Waals surface area contributed by atoms with Gasteiger partial charge in [0, 0.05) is 13.1 Å². The Labute approximate surface area is 148 Å². The first-order chi connectivity index (χ1) is 12.0. The molecule has 0 bridgehead atoms. The molecule has 0 amide bonds. The quantitative estimate of drug-likeness (QED) is 0.776. The minimum atomic E-state index is -0.296. The number of aromatic hydroxyl groups is 1. The van der Waals surface area contributed by atoms with Crippen LogP contribution in [0.25, 0.3) is 4.96 Å². The van der Waals surface area contributed by atoms with Crippen molar-refractivity contribution in [3.05, 3.63) is 46.9 Å². The molecule has 1 saturated heterocycles. The van der Waals surface area contributed by atoms with Gasteiger partial charge in [-0.2, -0.15) is 9.61 Å². The van der Waals surface area contributed by atoms with E-state index in [9.17, 15) is 9.50 Å². The van der Waals surface area contributed by atoms with E-state index in [1.807, 2.05) is 19.9 Å². The molecule has 1 aromatic carbocycles. The van der Waals surface area contributed by atoms with Crippen LogP contribution in [0.5, 0.6) is 5.88 Å². The molecule has 25 heavy (non-hydrogen) atoms. The number of thiazole rings is 1. The number of halogens is 1. The molecule has 0 radical (unpaired) electrons. The minimum absolute atomic E-state index is 0.0542. The highest BCUT2D eigenvalue weighted by Crippen LogP contribution is 2.40. The molecule has 6 nitrogen and oxygen atoms in total. The fourth-order valence-corrected chi connectivity index (χ4v) is 4.60. The number of benzene rings is 1. The van der Waals surface area contributed by atoms with Crippen LogP contribution in [0.2, 0.25) is 0 Å². The van der Waals surface area contributed by atoms with Crippen LogP contribution in [0.1, 0.15) is 30.3 Å². The van der Waals surface area contributed by atoms with Crippen LogP contribution >= 0.6 is 11.3 Å². The minimum Gasteiger partial charge on any atom is -0.492 e. The first kappa shape index (κ1) is 16.4. The second kappa shape index (κ2) is 6.36. The third-order valence-electron chi connectivity index (χ3n) is 4.36. The lowest BCUT2D eigenvalue weighted by atomic mass is 10.0. The molecule has 0 aliphatic carbocycles. The molecule has 0 spiro atoms. The van der Waals surface area contributed by atoms with E-state index in [-0.39, 0.29) is 29.9 Å². The van der Waals surface area contributed by atoms with Gasteiger partial charge in [0.25, 0.3) is 0 Å². The van der Waals surface area contributed by atoms with E-state index in [1.54, 1.807) is 6.07 Å². The summed E-state index contributed by atoms with van der Waals surface area (Å²) in [6.45, 7) is 5.43. The molecule has 0 unspecified atom stereocenters. The molecule has 1 N–H and O–H groups in total. The Bertz CT molecular complexity index is 886. The summed E-state index contributed by atoms with van der Waals surface area (Å²) in [5.41, 5.74) is 0.793. The van der Waals surface area contributed by atoms with E-state index in [1.165, 1.54) is 34.3 Å². The molecule has 3 heterocycles. The van der Waals surface area contributed by atoms with Crippen molar-refractivity contribution in [3.8, 4) is 5.88 Å². The lowest BCUT2D eigenvalue weighted by Crippen LogP contribution is -2.47. The maximum absolute atomic E-state index is 13.9. The Morgan fingerprint density at radius 1 is 1.32 bits per heavy atom.